The Balaban J connectivity index is 1.83. The molecule has 5 nitrogen and oxygen atoms in total. The third kappa shape index (κ3) is 3.92. The van der Waals surface area contributed by atoms with Gasteiger partial charge in [-0.15, -0.1) is 0 Å². The molecule has 104 valence electrons. The number of rotatable bonds is 6. The van der Waals surface area contributed by atoms with Crippen LogP contribution in [0.15, 0.2) is 18.2 Å². The Morgan fingerprint density at radius 2 is 2.16 bits per heavy atom. The SMILES string of the molecule is CN(CCCN1CCCC1)c1cccc(C(=O)O)n1. The van der Waals surface area contributed by atoms with Gasteiger partial charge in [0, 0.05) is 13.6 Å². The fourth-order valence-electron chi connectivity index (χ4n) is 2.41. The summed E-state index contributed by atoms with van der Waals surface area (Å²) >= 11 is 0. The van der Waals surface area contributed by atoms with Crippen molar-refractivity contribution in [1.29, 1.82) is 0 Å². The summed E-state index contributed by atoms with van der Waals surface area (Å²) in [6.45, 7) is 4.45. The smallest absolute Gasteiger partial charge is 0.354 e. The van der Waals surface area contributed by atoms with Gasteiger partial charge >= 0.3 is 5.97 Å². The lowest BCUT2D eigenvalue weighted by atomic mass is 10.3. The molecule has 0 bridgehead atoms. The number of carboxylic acids is 1. The maximum absolute atomic E-state index is 10.9. The lowest BCUT2D eigenvalue weighted by Crippen LogP contribution is -2.26. The molecule has 0 atom stereocenters. The molecular formula is C14H21N3O2. The van der Waals surface area contributed by atoms with Crippen molar-refractivity contribution in [2.75, 3.05) is 38.1 Å². The summed E-state index contributed by atoms with van der Waals surface area (Å²) in [4.78, 5) is 19.5. The molecule has 0 spiro atoms. The monoisotopic (exact) mass is 263 g/mol. The lowest BCUT2D eigenvalue weighted by molar-refractivity contribution is 0.0690. The summed E-state index contributed by atoms with van der Waals surface area (Å²) in [5, 5.41) is 8.92. The fraction of sp³-hybridized carbons (Fsp3) is 0.571. The molecule has 1 aromatic rings. The van der Waals surface area contributed by atoms with Crippen LogP contribution in [0.25, 0.3) is 0 Å². The van der Waals surface area contributed by atoms with E-state index >= 15 is 0 Å². The molecule has 0 unspecified atom stereocenters. The number of hydrogen-bond acceptors (Lipinski definition) is 4. The predicted octanol–water partition coefficient (Wildman–Crippen LogP) is 1.70. The normalized spacial score (nSPS) is 15.6. The van der Waals surface area contributed by atoms with Crippen LogP contribution in [0.1, 0.15) is 29.8 Å². The van der Waals surface area contributed by atoms with Crippen molar-refractivity contribution in [3.63, 3.8) is 0 Å². The van der Waals surface area contributed by atoms with E-state index in [2.05, 4.69) is 9.88 Å². The number of pyridine rings is 1. The number of carbonyl (C=O) groups is 1. The van der Waals surface area contributed by atoms with Gasteiger partial charge in [0.25, 0.3) is 0 Å². The minimum absolute atomic E-state index is 0.101. The van der Waals surface area contributed by atoms with Crippen molar-refractivity contribution in [2.24, 2.45) is 0 Å². The van der Waals surface area contributed by atoms with E-state index in [0.29, 0.717) is 0 Å². The van der Waals surface area contributed by atoms with Gasteiger partial charge in [0.1, 0.15) is 5.82 Å². The zero-order chi connectivity index (χ0) is 13.7. The highest BCUT2D eigenvalue weighted by Crippen LogP contribution is 2.12. The van der Waals surface area contributed by atoms with Crippen molar-refractivity contribution in [2.45, 2.75) is 19.3 Å². The molecule has 0 aromatic carbocycles. The number of carboxylic acid groups (broad SMARTS) is 1. The molecule has 2 heterocycles. The zero-order valence-corrected chi connectivity index (χ0v) is 11.4. The third-order valence-electron chi connectivity index (χ3n) is 3.51. The van der Waals surface area contributed by atoms with E-state index in [-0.39, 0.29) is 5.69 Å². The standard InChI is InChI=1S/C14H21N3O2/c1-16(8-5-11-17-9-2-3-10-17)13-7-4-6-12(15-13)14(18)19/h4,6-7H,2-3,5,8-11H2,1H3,(H,18,19). The summed E-state index contributed by atoms with van der Waals surface area (Å²) in [5.41, 5.74) is 0.101. The van der Waals surface area contributed by atoms with Crippen LogP contribution in [0, 0.1) is 0 Å². The molecular weight excluding hydrogens is 242 g/mol. The third-order valence-corrected chi connectivity index (χ3v) is 3.51. The van der Waals surface area contributed by atoms with E-state index in [4.69, 9.17) is 5.11 Å². The van der Waals surface area contributed by atoms with Gasteiger partial charge in [0.05, 0.1) is 0 Å². The van der Waals surface area contributed by atoms with Crippen LogP contribution >= 0.6 is 0 Å². The van der Waals surface area contributed by atoms with E-state index in [9.17, 15) is 4.79 Å². The Morgan fingerprint density at radius 3 is 2.84 bits per heavy atom. The van der Waals surface area contributed by atoms with Gasteiger partial charge in [-0.1, -0.05) is 6.07 Å². The van der Waals surface area contributed by atoms with Crippen LogP contribution < -0.4 is 4.90 Å². The molecule has 1 saturated heterocycles. The molecule has 1 fully saturated rings. The molecule has 19 heavy (non-hydrogen) atoms. The molecule has 0 amide bonds. The highest BCUT2D eigenvalue weighted by molar-refractivity contribution is 5.85. The van der Waals surface area contributed by atoms with Crippen LogP contribution in [0.3, 0.4) is 0 Å². The average molecular weight is 263 g/mol. The van der Waals surface area contributed by atoms with Gasteiger partial charge in [0.2, 0.25) is 0 Å². The first kappa shape index (κ1) is 13.8. The molecule has 2 rings (SSSR count). The number of aromatic nitrogens is 1. The number of anilines is 1. The van der Waals surface area contributed by atoms with Gasteiger partial charge in [-0.2, -0.15) is 0 Å². The zero-order valence-electron chi connectivity index (χ0n) is 11.4. The minimum Gasteiger partial charge on any atom is -0.477 e. The predicted molar refractivity (Wildman–Crippen MR) is 74.8 cm³/mol. The van der Waals surface area contributed by atoms with Crippen LogP contribution in [0.5, 0.6) is 0 Å². The number of likely N-dealkylation sites (tertiary alicyclic amines) is 1. The van der Waals surface area contributed by atoms with E-state index in [0.717, 1.165) is 25.3 Å². The molecule has 5 heteroatoms. The first-order valence-electron chi connectivity index (χ1n) is 6.80. The summed E-state index contributed by atoms with van der Waals surface area (Å²) < 4.78 is 0. The molecule has 0 radical (unpaired) electrons. The molecule has 1 aliphatic heterocycles. The topological polar surface area (TPSA) is 56.7 Å². The van der Waals surface area contributed by atoms with Gasteiger partial charge < -0.3 is 14.9 Å². The average Bonchev–Trinajstić information content (AvgIpc) is 2.92. The summed E-state index contributed by atoms with van der Waals surface area (Å²) in [6.07, 6.45) is 3.71. The molecule has 1 aromatic heterocycles. The summed E-state index contributed by atoms with van der Waals surface area (Å²) in [6, 6.07) is 5.11. The Bertz CT molecular complexity index is 430. The second-order valence-electron chi connectivity index (χ2n) is 5.01. The summed E-state index contributed by atoms with van der Waals surface area (Å²) in [7, 11) is 1.96. The lowest BCUT2D eigenvalue weighted by Gasteiger charge is -2.20. The van der Waals surface area contributed by atoms with E-state index < -0.39 is 5.97 Å². The van der Waals surface area contributed by atoms with Crippen LogP contribution in [-0.4, -0.2) is 54.2 Å². The Morgan fingerprint density at radius 1 is 1.42 bits per heavy atom. The highest BCUT2D eigenvalue weighted by Gasteiger charge is 2.12. The van der Waals surface area contributed by atoms with Gasteiger partial charge in [0.15, 0.2) is 5.69 Å². The van der Waals surface area contributed by atoms with Crippen molar-refractivity contribution >= 4 is 11.8 Å². The van der Waals surface area contributed by atoms with E-state index in [1.54, 1.807) is 6.07 Å². The van der Waals surface area contributed by atoms with Crippen molar-refractivity contribution in [1.82, 2.24) is 9.88 Å². The highest BCUT2D eigenvalue weighted by atomic mass is 16.4. The first-order valence-corrected chi connectivity index (χ1v) is 6.80. The molecule has 1 N–H and O–H groups in total. The Labute approximate surface area is 113 Å². The maximum atomic E-state index is 10.9. The largest absolute Gasteiger partial charge is 0.477 e. The Hall–Kier alpha value is -1.62. The molecule has 0 saturated carbocycles. The van der Waals surface area contributed by atoms with Crippen molar-refractivity contribution in [3.05, 3.63) is 23.9 Å². The minimum atomic E-state index is -0.979. The second-order valence-corrected chi connectivity index (χ2v) is 5.01. The van der Waals surface area contributed by atoms with Crippen molar-refractivity contribution < 1.29 is 9.90 Å². The summed E-state index contributed by atoms with van der Waals surface area (Å²) in [5.74, 6) is -0.256. The van der Waals surface area contributed by atoms with Crippen LogP contribution in [0.4, 0.5) is 5.82 Å². The van der Waals surface area contributed by atoms with Crippen LogP contribution in [0.2, 0.25) is 0 Å². The second kappa shape index (κ2) is 6.52. The quantitative estimate of drug-likeness (QED) is 0.846. The van der Waals surface area contributed by atoms with Gasteiger partial charge in [-0.3, -0.25) is 0 Å². The van der Waals surface area contributed by atoms with Crippen molar-refractivity contribution in [3.8, 4) is 0 Å². The molecule has 1 aliphatic rings. The van der Waals surface area contributed by atoms with Crippen LogP contribution in [-0.2, 0) is 0 Å². The van der Waals surface area contributed by atoms with Gasteiger partial charge in [-0.05, 0) is 51.0 Å². The Kier molecular flexibility index (Phi) is 4.74. The number of nitrogens with zero attached hydrogens (tertiary/aromatic N) is 3. The molecule has 0 aliphatic carbocycles. The fourth-order valence-corrected chi connectivity index (χ4v) is 2.41. The first-order chi connectivity index (χ1) is 9.16. The number of hydrogen-bond donors (Lipinski definition) is 1. The van der Waals surface area contributed by atoms with E-state index in [1.165, 1.54) is 32.0 Å². The van der Waals surface area contributed by atoms with E-state index in [1.807, 2.05) is 18.0 Å². The van der Waals surface area contributed by atoms with Gasteiger partial charge in [-0.25, -0.2) is 9.78 Å². The number of aromatic carboxylic acids is 1. The maximum Gasteiger partial charge on any atom is 0.354 e.